The molecule has 22 heavy (non-hydrogen) atoms. The third-order valence-electron chi connectivity index (χ3n) is 2.65. The SMILES string of the molecule is O=C(NC(=S)Nc1ccc([N+](=O)[O-])cc1)c1cccc(I)c1. The average molecular weight is 427 g/mol. The van der Waals surface area contributed by atoms with Gasteiger partial charge in [0.05, 0.1) is 4.92 Å². The zero-order valence-corrected chi connectivity index (χ0v) is 14.1. The van der Waals surface area contributed by atoms with Crippen LogP contribution in [-0.2, 0) is 0 Å². The van der Waals surface area contributed by atoms with E-state index in [4.69, 9.17) is 12.2 Å². The van der Waals surface area contributed by atoms with E-state index < -0.39 is 4.92 Å². The van der Waals surface area contributed by atoms with Gasteiger partial charge in [0.1, 0.15) is 0 Å². The highest BCUT2D eigenvalue weighted by Gasteiger charge is 2.09. The van der Waals surface area contributed by atoms with Gasteiger partial charge in [0.25, 0.3) is 11.6 Å². The number of non-ortho nitro benzene ring substituents is 1. The summed E-state index contributed by atoms with van der Waals surface area (Å²) in [5.74, 6) is -0.321. The number of nitro groups is 1. The number of halogens is 1. The molecule has 0 heterocycles. The molecule has 1 amide bonds. The quantitative estimate of drug-likeness (QED) is 0.340. The largest absolute Gasteiger partial charge is 0.332 e. The second-order valence-electron chi connectivity index (χ2n) is 4.22. The van der Waals surface area contributed by atoms with E-state index in [9.17, 15) is 14.9 Å². The minimum atomic E-state index is -0.485. The van der Waals surface area contributed by atoms with Crippen molar-refractivity contribution in [2.24, 2.45) is 0 Å². The summed E-state index contributed by atoms with van der Waals surface area (Å²) in [4.78, 5) is 22.1. The van der Waals surface area contributed by atoms with Crippen LogP contribution >= 0.6 is 34.8 Å². The number of carbonyl (C=O) groups excluding carboxylic acids is 1. The summed E-state index contributed by atoms with van der Waals surface area (Å²) >= 11 is 7.17. The number of hydrogen-bond donors (Lipinski definition) is 2. The number of benzene rings is 2. The number of rotatable bonds is 3. The zero-order chi connectivity index (χ0) is 16.1. The summed E-state index contributed by atoms with van der Waals surface area (Å²) < 4.78 is 0.944. The van der Waals surface area contributed by atoms with Crippen molar-refractivity contribution in [3.63, 3.8) is 0 Å². The van der Waals surface area contributed by atoms with E-state index in [0.717, 1.165) is 3.57 Å². The molecule has 2 N–H and O–H groups in total. The third-order valence-corrected chi connectivity index (χ3v) is 3.52. The molecule has 8 heteroatoms. The van der Waals surface area contributed by atoms with Crippen molar-refractivity contribution in [2.75, 3.05) is 5.32 Å². The highest BCUT2D eigenvalue weighted by Crippen LogP contribution is 2.15. The van der Waals surface area contributed by atoms with E-state index in [-0.39, 0.29) is 16.7 Å². The van der Waals surface area contributed by atoms with Crippen LogP contribution in [0.5, 0.6) is 0 Å². The summed E-state index contributed by atoms with van der Waals surface area (Å²) in [6, 6.07) is 12.8. The summed E-state index contributed by atoms with van der Waals surface area (Å²) in [6.45, 7) is 0. The average Bonchev–Trinajstić information content (AvgIpc) is 2.47. The topological polar surface area (TPSA) is 84.3 Å². The van der Waals surface area contributed by atoms with E-state index in [2.05, 4.69) is 33.2 Å². The van der Waals surface area contributed by atoms with E-state index in [1.54, 1.807) is 18.2 Å². The molecule has 0 aliphatic heterocycles. The van der Waals surface area contributed by atoms with Crippen LogP contribution < -0.4 is 10.6 Å². The minimum absolute atomic E-state index is 0.0145. The molecule has 0 saturated carbocycles. The molecule has 0 saturated heterocycles. The third kappa shape index (κ3) is 4.46. The molecule has 6 nitrogen and oxygen atoms in total. The number of nitrogens with one attached hydrogen (secondary N) is 2. The molecule has 2 rings (SSSR count). The Morgan fingerprint density at radius 2 is 1.86 bits per heavy atom. The first kappa shape index (κ1) is 16.3. The van der Waals surface area contributed by atoms with Gasteiger partial charge >= 0.3 is 0 Å². The lowest BCUT2D eigenvalue weighted by Gasteiger charge is -2.09. The van der Waals surface area contributed by atoms with Crippen molar-refractivity contribution >= 4 is 57.2 Å². The fourth-order valence-corrected chi connectivity index (χ4v) is 2.39. The Morgan fingerprint density at radius 1 is 1.18 bits per heavy atom. The maximum absolute atomic E-state index is 12.0. The predicted molar refractivity (Wildman–Crippen MR) is 95.9 cm³/mol. The van der Waals surface area contributed by atoms with Gasteiger partial charge in [-0.3, -0.25) is 20.2 Å². The Hall–Kier alpha value is -2.07. The molecule has 0 aliphatic rings. The second-order valence-corrected chi connectivity index (χ2v) is 5.88. The van der Waals surface area contributed by atoms with Crippen LogP contribution in [0.25, 0.3) is 0 Å². The number of amides is 1. The Morgan fingerprint density at radius 3 is 2.45 bits per heavy atom. The van der Waals surface area contributed by atoms with Crippen molar-refractivity contribution < 1.29 is 9.72 Å². The number of thiocarbonyl (C=S) groups is 1. The van der Waals surface area contributed by atoms with Gasteiger partial charge in [-0.2, -0.15) is 0 Å². The van der Waals surface area contributed by atoms with Crippen molar-refractivity contribution in [1.82, 2.24) is 5.32 Å². The summed E-state index contributed by atoms with van der Waals surface area (Å²) in [5, 5.41) is 16.0. The molecule has 2 aromatic carbocycles. The molecular weight excluding hydrogens is 417 g/mol. The Bertz CT molecular complexity index is 734. The summed E-state index contributed by atoms with van der Waals surface area (Å²) in [5.41, 5.74) is 1.04. The van der Waals surface area contributed by atoms with Crippen LogP contribution in [-0.4, -0.2) is 15.9 Å². The van der Waals surface area contributed by atoms with Gasteiger partial charge in [-0.1, -0.05) is 6.07 Å². The first-order valence-corrected chi connectivity index (χ1v) is 7.57. The summed E-state index contributed by atoms with van der Waals surface area (Å²) in [6.07, 6.45) is 0. The fraction of sp³-hybridized carbons (Fsp3) is 0. The number of nitro benzene ring substituents is 1. The van der Waals surface area contributed by atoms with Crippen molar-refractivity contribution in [2.45, 2.75) is 0 Å². The number of nitrogens with zero attached hydrogens (tertiary/aromatic N) is 1. The number of hydrogen-bond acceptors (Lipinski definition) is 4. The van der Waals surface area contributed by atoms with Gasteiger partial charge in [0, 0.05) is 27.0 Å². The van der Waals surface area contributed by atoms with Gasteiger partial charge in [-0.25, -0.2) is 0 Å². The maximum atomic E-state index is 12.0. The van der Waals surface area contributed by atoms with Crippen LogP contribution in [0.1, 0.15) is 10.4 Å². The van der Waals surface area contributed by atoms with Crippen LogP contribution in [0.3, 0.4) is 0 Å². The molecule has 0 unspecified atom stereocenters. The molecule has 0 aromatic heterocycles. The molecule has 112 valence electrons. The monoisotopic (exact) mass is 427 g/mol. The van der Waals surface area contributed by atoms with Gasteiger partial charge in [-0.15, -0.1) is 0 Å². The Labute approximate surface area is 145 Å². The molecular formula is C14H10IN3O3S. The predicted octanol–water partition coefficient (Wildman–Crippen LogP) is 3.33. The molecule has 2 aromatic rings. The molecule has 0 bridgehead atoms. The first-order valence-electron chi connectivity index (χ1n) is 6.08. The van der Waals surface area contributed by atoms with Gasteiger partial charge in [-0.05, 0) is 65.1 Å². The van der Waals surface area contributed by atoms with E-state index in [1.165, 1.54) is 24.3 Å². The number of carbonyl (C=O) groups is 1. The van der Waals surface area contributed by atoms with Crippen LogP contribution in [0, 0.1) is 13.7 Å². The van der Waals surface area contributed by atoms with Crippen molar-refractivity contribution in [3.05, 3.63) is 67.8 Å². The van der Waals surface area contributed by atoms with Gasteiger partial charge < -0.3 is 5.32 Å². The Kier molecular flexibility index (Phi) is 5.39. The lowest BCUT2D eigenvalue weighted by atomic mass is 10.2. The highest BCUT2D eigenvalue weighted by molar-refractivity contribution is 14.1. The van der Waals surface area contributed by atoms with Crippen LogP contribution in [0.4, 0.5) is 11.4 Å². The van der Waals surface area contributed by atoms with E-state index >= 15 is 0 Å². The zero-order valence-electron chi connectivity index (χ0n) is 11.1. The minimum Gasteiger partial charge on any atom is -0.332 e. The fourth-order valence-electron chi connectivity index (χ4n) is 1.63. The highest BCUT2D eigenvalue weighted by atomic mass is 127. The summed E-state index contributed by atoms with van der Waals surface area (Å²) in [7, 11) is 0. The van der Waals surface area contributed by atoms with Crippen molar-refractivity contribution in [1.29, 1.82) is 0 Å². The maximum Gasteiger partial charge on any atom is 0.269 e. The smallest absolute Gasteiger partial charge is 0.269 e. The molecule has 0 atom stereocenters. The Balaban J connectivity index is 1.98. The molecule has 0 spiro atoms. The van der Waals surface area contributed by atoms with Gasteiger partial charge in [0.2, 0.25) is 0 Å². The standard InChI is InChI=1S/C14H10IN3O3S/c15-10-3-1-2-9(8-10)13(19)17-14(22)16-11-4-6-12(7-5-11)18(20)21/h1-8H,(H2,16,17,19,22). The van der Waals surface area contributed by atoms with E-state index in [1.807, 2.05) is 6.07 Å². The van der Waals surface area contributed by atoms with Crippen molar-refractivity contribution in [3.8, 4) is 0 Å². The lowest BCUT2D eigenvalue weighted by Crippen LogP contribution is -2.34. The number of anilines is 1. The second kappa shape index (κ2) is 7.27. The molecule has 0 fully saturated rings. The molecule has 0 aliphatic carbocycles. The normalized spacial score (nSPS) is 9.86. The lowest BCUT2D eigenvalue weighted by molar-refractivity contribution is -0.384. The van der Waals surface area contributed by atoms with Gasteiger partial charge in [0.15, 0.2) is 5.11 Å². The van der Waals surface area contributed by atoms with Crippen LogP contribution in [0.15, 0.2) is 48.5 Å². The molecule has 0 radical (unpaired) electrons. The van der Waals surface area contributed by atoms with Crippen LogP contribution in [0.2, 0.25) is 0 Å². The first-order chi connectivity index (χ1) is 10.5. The van der Waals surface area contributed by atoms with E-state index in [0.29, 0.717) is 11.3 Å².